The molecule has 1 heterocycles. The average Bonchev–Trinajstić information content (AvgIpc) is 2.66. The van der Waals surface area contributed by atoms with Crippen LogP contribution in [-0.2, 0) is 9.47 Å². The number of benzene rings is 1. The summed E-state index contributed by atoms with van der Waals surface area (Å²) < 4.78 is 11.1. The highest BCUT2D eigenvalue weighted by molar-refractivity contribution is 6.04. The highest BCUT2D eigenvalue weighted by atomic mass is 16.7. The van der Waals surface area contributed by atoms with Crippen LogP contribution in [0.3, 0.4) is 0 Å². The minimum Gasteiger partial charge on any atom is -0.349 e. The first kappa shape index (κ1) is 18.8. The van der Waals surface area contributed by atoms with E-state index in [0.29, 0.717) is 18.8 Å². The van der Waals surface area contributed by atoms with Crippen molar-refractivity contribution in [3.63, 3.8) is 0 Å². The second-order valence-electron chi connectivity index (χ2n) is 5.23. The van der Waals surface area contributed by atoms with E-state index in [-0.39, 0.29) is 5.78 Å². The standard InChI is InChI=1S/C21H23NO3/c1-3-24-21(25-4-2)19-13-11-18(12-14-19)20(23)10-6-5-8-17-9-7-15-22-16-17/h5-16,21H,3-4H2,1-2H3. The van der Waals surface area contributed by atoms with Gasteiger partial charge in [0.15, 0.2) is 12.1 Å². The second kappa shape index (κ2) is 10.3. The predicted molar refractivity (Wildman–Crippen MR) is 99.2 cm³/mol. The summed E-state index contributed by atoms with van der Waals surface area (Å²) in [6.07, 6.45) is 10.1. The molecular formula is C21H23NO3. The van der Waals surface area contributed by atoms with Crippen LogP contribution >= 0.6 is 0 Å². The van der Waals surface area contributed by atoms with Crippen LogP contribution in [0, 0.1) is 0 Å². The number of hydrogen-bond acceptors (Lipinski definition) is 4. The van der Waals surface area contributed by atoms with Crippen LogP contribution in [0.5, 0.6) is 0 Å². The third-order valence-corrected chi connectivity index (χ3v) is 3.44. The summed E-state index contributed by atoms with van der Waals surface area (Å²) in [5.74, 6) is -0.0493. The van der Waals surface area contributed by atoms with Gasteiger partial charge in [-0.3, -0.25) is 9.78 Å². The Morgan fingerprint density at radius 2 is 1.80 bits per heavy atom. The molecular weight excluding hydrogens is 314 g/mol. The maximum absolute atomic E-state index is 12.2. The lowest BCUT2D eigenvalue weighted by Crippen LogP contribution is -2.09. The summed E-state index contributed by atoms with van der Waals surface area (Å²) in [4.78, 5) is 16.2. The maximum Gasteiger partial charge on any atom is 0.185 e. The number of hydrogen-bond donors (Lipinski definition) is 0. The van der Waals surface area contributed by atoms with Gasteiger partial charge in [0.25, 0.3) is 0 Å². The van der Waals surface area contributed by atoms with Crippen molar-refractivity contribution in [1.29, 1.82) is 0 Å². The molecule has 0 aliphatic carbocycles. The molecule has 2 aromatic rings. The Labute approximate surface area is 148 Å². The topological polar surface area (TPSA) is 48.4 Å². The van der Waals surface area contributed by atoms with Gasteiger partial charge in [0, 0.05) is 36.7 Å². The van der Waals surface area contributed by atoms with Gasteiger partial charge in [0.2, 0.25) is 0 Å². The predicted octanol–water partition coefficient (Wildman–Crippen LogP) is 4.61. The molecule has 1 aromatic carbocycles. The van der Waals surface area contributed by atoms with Crippen LogP contribution in [0.4, 0.5) is 0 Å². The molecule has 0 amide bonds. The highest BCUT2D eigenvalue weighted by Crippen LogP contribution is 2.19. The van der Waals surface area contributed by atoms with E-state index in [2.05, 4.69) is 4.98 Å². The zero-order valence-corrected chi connectivity index (χ0v) is 14.6. The first-order valence-electron chi connectivity index (χ1n) is 8.36. The maximum atomic E-state index is 12.2. The number of nitrogens with zero attached hydrogens (tertiary/aromatic N) is 1. The quantitative estimate of drug-likeness (QED) is 0.290. The van der Waals surface area contributed by atoms with Crippen molar-refractivity contribution >= 4 is 11.9 Å². The number of rotatable bonds is 9. The number of ketones is 1. The van der Waals surface area contributed by atoms with Gasteiger partial charge in [-0.15, -0.1) is 0 Å². The first-order chi connectivity index (χ1) is 12.2. The molecule has 0 spiro atoms. The zero-order chi connectivity index (χ0) is 17.9. The lowest BCUT2D eigenvalue weighted by atomic mass is 10.1. The average molecular weight is 337 g/mol. The molecule has 0 saturated carbocycles. The normalized spacial score (nSPS) is 11.6. The van der Waals surface area contributed by atoms with Crippen LogP contribution < -0.4 is 0 Å². The molecule has 2 rings (SSSR count). The lowest BCUT2D eigenvalue weighted by molar-refractivity contribution is -0.140. The Kier molecular flexibility index (Phi) is 7.76. The fourth-order valence-corrected chi connectivity index (χ4v) is 2.23. The summed E-state index contributed by atoms with van der Waals surface area (Å²) in [6.45, 7) is 4.98. The van der Waals surface area contributed by atoms with Crippen molar-refractivity contribution < 1.29 is 14.3 Å². The van der Waals surface area contributed by atoms with Crippen molar-refractivity contribution in [3.05, 3.63) is 83.7 Å². The minimum absolute atomic E-state index is 0.0493. The van der Waals surface area contributed by atoms with Gasteiger partial charge in [-0.05, 0) is 31.6 Å². The first-order valence-corrected chi connectivity index (χ1v) is 8.36. The van der Waals surface area contributed by atoms with E-state index in [1.54, 1.807) is 36.7 Å². The van der Waals surface area contributed by atoms with Gasteiger partial charge in [-0.2, -0.15) is 0 Å². The van der Waals surface area contributed by atoms with Gasteiger partial charge in [0.1, 0.15) is 0 Å². The van der Waals surface area contributed by atoms with Gasteiger partial charge in [-0.1, -0.05) is 48.6 Å². The van der Waals surface area contributed by atoms with Crippen LogP contribution in [-0.4, -0.2) is 24.0 Å². The van der Waals surface area contributed by atoms with Crippen molar-refractivity contribution in [3.8, 4) is 0 Å². The molecule has 0 fully saturated rings. The van der Waals surface area contributed by atoms with E-state index >= 15 is 0 Å². The van der Waals surface area contributed by atoms with E-state index in [1.807, 2.05) is 50.3 Å². The Balaban J connectivity index is 1.97. The van der Waals surface area contributed by atoms with E-state index in [9.17, 15) is 4.79 Å². The molecule has 0 aliphatic rings. The Morgan fingerprint density at radius 1 is 1.08 bits per heavy atom. The minimum atomic E-state index is -0.392. The second-order valence-corrected chi connectivity index (χ2v) is 5.23. The van der Waals surface area contributed by atoms with Gasteiger partial charge >= 0.3 is 0 Å². The molecule has 0 radical (unpaired) electrons. The molecule has 0 saturated heterocycles. The molecule has 4 nitrogen and oxygen atoms in total. The van der Waals surface area contributed by atoms with Crippen molar-refractivity contribution in [1.82, 2.24) is 4.98 Å². The van der Waals surface area contributed by atoms with E-state index in [4.69, 9.17) is 9.47 Å². The number of aromatic nitrogens is 1. The van der Waals surface area contributed by atoms with E-state index < -0.39 is 6.29 Å². The number of carbonyl (C=O) groups is 1. The fraction of sp³-hybridized carbons (Fsp3) is 0.238. The number of ether oxygens (including phenoxy) is 2. The van der Waals surface area contributed by atoms with Crippen molar-refractivity contribution in [2.75, 3.05) is 13.2 Å². The smallest absolute Gasteiger partial charge is 0.185 e. The number of pyridine rings is 1. The Bertz CT molecular complexity index is 700. The van der Waals surface area contributed by atoms with Crippen molar-refractivity contribution in [2.24, 2.45) is 0 Å². The summed E-state index contributed by atoms with van der Waals surface area (Å²) in [5, 5.41) is 0. The summed E-state index contributed by atoms with van der Waals surface area (Å²) in [6, 6.07) is 11.1. The third-order valence-electron chi connectivity index (χ3n) is 3.44. The molecule has 4 heteroatoms. The molecule has 0 N–H and O–H groups in total. The number of allylic oxidation sites excluding steroid dienone is 3. The molecule has 130 valence electrons. The Morgan fingerprint density at radius 3 is 2.40 bits per heavy atom. The molecule has 0 bridgehead atoms. The summed E-state index contributed by atoms with van der Waals surface area (Å²) in [5.41, 5.74) is 2.52. The SMILES string of the molecule is CCOC(OCC)c1ccc(C(=O)C=CC=Cc2cccnc2)cc1. The monoisotopic (exact) mass is 337 g/mol. The summed E-state index contributed by atoms with van der Waals surface area (Å²) in [7, 11) is 0. The van der Waals surface area contributed by atoms with Crippen LogP contribution in [0.15, 0.2) is 67.0 Å². The van der Waals surface area contributed by atoms with Crippen LogP contribution in [0.25, 0.3) is 6.08 Å². The van der Waals surface area contributed by atoms with Crippen molar-refractivity contribution in [2.45, 2.75) is 20.1 Å². The van der Waals surface area contributed by atoms with Gasteiger partial charge in [-0.25, -0.2) is 0 Å². The van der Waals surface area contributed by atoms with Crippen LogP contribution in [0.2, 0.25) is 0 Å². The molecule has 0 unspecified atom stereocenters. The molecule has 1 aromatic heterocycles. The van der Waals surface area contributed by atoms with Crippen LogP contribution in [0.1, 0.15) is 41.6 Å². The Hall–Kier alpha value is -2.56. The fourth-order valence-electron chi connectivity index (χ4n) is 2.23. The lowest BCUT2D eigenvalue weighted by Gasteiger charge is -2.17. The zero-order valence-electron chi connectivity index (χ0n) is 14.6. The molecule has 0 aliphatic heterocycles. The highest BCUT2D eigenvalue weighted by Gasteiger charge is 2.11. The summed E-state index contributed by atoms with van der Waals surface area (Å²) >= 11 is 0. The number of carbonyl (C=O) groups excluding carboxylic acids is 1. The molecule has 0 atom stereocenters. The van der Waals surface area contributed by atoms with Gasteiger partial charge in [0.05, 0.1) is 0 Å². The van der Waals surface area contributed by atoms with Gasteiger partial charge < -0.3 is 9.47 Å². The van der Waals surface area contributed by atoms with E-state index in [1.165, 1.54) is 0 Å². The van der Waals surface area contributed by atoms with E-state index in [0.717, 1.165) is 11.1 Å². The molecule has 25 heavy (non-hydrogen) atoms. The third kappa shape index (κ3) is 6.10. The largest absolute Gasteiger partial charge is 0.349 e.